The first-order valence-corrected chi connectivity index (χ1v) is 5.92. The number of benzene rings is 1. The molecule has 104 valence electrons. The molecule has 20 heavy (non-hydrogen) atoms. The van der Waals surface area contributed by atoms with Crippen molar-refractivity contribution in [3.63, 3.8) is 0 Å². The van der Waals surface area contributed by atoms with E-state index in [1.54, 1.807) is 31.2 Å². The smallest absolute Gasteiger partial charge is 0.338 e. The molecule has 1 unspecified atom stereocenters. The van der Waals surface area contributed by atoms with Gasteiger partial charge in [0.2, 0.25) is 6.04 Å². The van der Waals surface area contributed by atoms with Gasteiger partial charge in [-0.2, -0.15) is 15.3 Å². The maximum absolute atomic E-state index is 11.4. The summed E-state index contributed by atoms with van der Waals surface area (Å²) in [7, 11) is 0. The minimum Gasteiger partial charge on any atom is -0.462 e. The lowest BCUT2D eigenvalue weighted by Crippen LogP contribution is -2.31. The molecular weight excluding hydrogens is 262 g/mol. The molecule has 1 aromatic carbocycles. The van der Waals surface area contributed by atoms with Crippen LogP contribution in [-0.2, 0) is 9.53 Å². The van der Waals surface area contributed by atoms with Gasteiger partial charge in [0.05, 0.1) is 17.9 Å². The first kappa shape index (κ1) is 13.7. The van der Waals surface area contributed by atoms with Gasteiger partial charge in [-0.05, 0) is 31.2 Å². The van der Waals surface area contributed by atoms with Crippen molar-refractivity contribution >= 4 is 23.4 Å². The Morgan fingerprint density at radius 1 is 1.45 bits per heavy atom. The summed E-state index contributed by atoms with van der Waals surface area (Å²) in [6.07, 6.45) is 0. The van der Waals surface area contributed by atoms with E-state index < -0.39 is 17.9 Å². The fourth-order valence-electron chi connectivity index (χ4n) is 1.49. The lowest BCUT2D eigenvalue weighted by molar-refractivity contribution is -0.120. The molecule has 0 saturated heterocycles. The molecule has 0 aliphatic carbocycles. The number of nitrogens with zero attached hydrogens (tertiary/aromatic N) is 3. The van der Waals surface area contributed by atoms with Gasteiger partial charge < -0.3 is 10.5 Å². The average molecular weight is 275 g/mol. The highest BCUT2D eigenvalue weighted by Crippen LogP contribution is 2.15. The summed E-state index contributed by atoms with van der Waals surface area (Å²) in [5.74, 6) is -0.751. The van der Waals surface area contributed by atoms with Crippen LogP contribution in [0.25, 0.3) is 0 Å². The highest BCUT2D eigenvalue weighted by atomic mass is 16.5. The molecule has 1 heterocycles. The van der Waals surface area contributed by atoms with Gasteiger partial charge in [0.25, 0.3) is 5.91 Å². The van der Waals surface area contributed by atoms with Crippen LogP contribution in [-0.4, -0.2) is 30.4 Å². The zero-order valence-corrected chi connectivity index (χ0v) is 10.7. The predicted molar refractivity (Wildman–Crippen MR) is 70.5 cm³/mol. The first-order valence-electron chi connectivity index (χ1n) is 5.92. The van der Waals surface area contributed by atoms with E-state index in [4.69, 9.17) is 10.5 Å². The number of nitrogens with one attached hydrogen (secondary N) is 1. The Morgan fingerprint density at radius 2 is 2.15 bits per heavy atom. The predicted octanol–water partition coefficient (Wildman–Crippen LogP) is 0.718. The zero-order chi connectivity index (χ0) is 14.5. The van der Waals surface area contributed by atoms with Gasteiger partial charge >= 0.3 is 5.97 Å². The molecule has 0 bridgehead atoms. The van der Waals surface area contributed by atoms with Gasteiger partial charge in [0, 0.05) is 0 Å². The molecule has 1 amide bonds. The van der Waals surface area contributed by atoms with E-state index >= 15 is 0 Å². The van der Waals surface area contributed by atoms with Crippen molar-refractivity contribution in [2.75, 3.05) is 6.61 Å². The van der Waals surface area contributed by atoms with Gasteiger partial charge in [-0.3, -0.25) is 4.79 Å². The van der Waals surface area contributed by atoms with Gasteiger partial charge in [-0.25, -0.2) is 10.2 Å². The Labute approximate surface area is 114 Å². The summed E-state index contributed by atoms with van der Waals surface area (Å²) >= 11 is 0. The van der Waals surface area contributed by atoms with Crippen molar-refractivity contribution in [1.29, 1.82) is 0 Å². The standard InChI is InChI=1S/C12H13N5O3/c1-2-20-12(19)7-3-5-8(6-4-7)14-15-9-10(13)16-17-11(9)18/h3-6,9H,2H2,1H3,(H2,13,16)(H,17,18). The molecular formula is C12H13N5O3. The third-order valence-corrected chi connectivity index (χ3v) is 2.49. The van der Waals surface area contributed by atoms with Gasteiger partial charge in [0.15, 0.2) is 5.84 Å². The quantitative estimate of drug-likeness (QED) is 0.621. The molecule has 1 aliphatic heterocycles. The number of hydrogen-bond donors (Lipinski definition) is 2. The van der Waals surface area contributed by atoms with Crippen LogP contribution >= 0.6 is 0 Å². The molecule has 8 heteroatoms. The number of nitrogens with two attached hydrogens (primary N) is 1. The second-order valence-corrected chi connectivity index (χ2v) is 3.90. The van der Waals surface area contributed by atoms with Crippen molar-refractivity contribution in [2.45, 2.75) is 13.0 Å². The average Bonchev–Trinajstić information content (AvgIpc) is 2.77. The van der Waals surface area contributed by atoms with Crippen LogP contribution in [0.1, 0.15) is 17.3 Å². The lowest BCUT2D eigenvalue weighted by Gasteiger charge is -2.02. The lowest BCUT2D eigenvalue weighted by atomic mass is 10.2. The van der Waals surface area contributed by atoms with Crippen LogP contribution in [0, 0.1) is 0 Å². The van der Waals surface area contributed by atoms with Crippen molar-refractivity contribution < 1.29 is 14.3 Å². The fraction of sp³-hybridized carbons (Fsp3) is 0.250. The Morgan fingerprint density at radius 3 is 2.70 bits per heavy atom. The molecule has 0 fully saturated rings. The maximum atomic E-state index is 11.4. The zero-order valence-electron chi connectivity index (χ0n) is 10.7. The number of hydrazone groups is 1. The number of ether oxygens (including phenoxy) is 1. The molecule has 0 radical (unpaired) electrons. The number of rotatable bonds is 4. The number of carbonyl (C=O) groups excluding carboxylic acids is 2. The van der Waals surface area contributed by atoms with Gasteiger partial charge in [0.1, 0.15) is 0 Å². The first-order chi connectivity index (χ1) is 9.61. The molecule has 1 aliphatic rings. The number of amides is 1. The van der Waals surface area contributed by atoms with E-state index in [0.29, 0.717) is 17.9 Å². The number of esters is 1. The topological polar surface area (TPSA) is 118 Å². The Hall–Kier alpha value is -2.77. The van der Waals surface area contributed by atoms with Crippen LogP contribution in [0.5, 0.6) is 0 Å². The molecule has 3 N–H and O–H groups in total. The van der Waals surface area contributed by atoms with Gasteiger partial charge in [-0.15, -0.1) is 0 Å². The molecule has 2 rings (SSSR count). The van der Waals surface area contributed by atoms with E-state index in [1.807, 2.05) is 0 Å². The largest absolute Gasteiger partial charge is 0.462 e. The molecule has 0 aromatic heterocycles. The monoisotopic (exact) mass is 275 g/mol. The molecule has 0 spiro atoms. The van der Waals surface area contributed by atoms with E-state index in [1.165, 1.54) is 0 Å². The minimum absolute atomic E-state index is 0.0712. The summed E-state index contributed by atoms with van der Waals surface area (Å²) in [4.78, 5) is 22.7. The second-order valence-electron chi connectivity index (χ2n) is 3.90. The summed E-state index contributed by atoms with van der Waals surface area (Å²) in [6.45, 7) is 2.05. The summed E-state index contributed by atoms with van der Waals surface area (Å²) in [5, 5.41) is 11.2. The van der Waals surface area contributed by atoms with Crippen molar-refractivity contribution in [3.8, 4) is 0 Å². The minimum atomic E-state index is -0.903. The summed E-state index contributed by atoms with van der Waals surface area (Å²) in [5.41, 5.74) is 8.60. The van der Waals surface area contributed by atoms with Crippen molar-refractivity contribution in [2.24, 2.45) is 21.1 Å². The number of hydrogen-bond acceptors (Lipinski definition) is 7. The SMILES string of the molecule is CCOC(=O)c1ccc(N=NC2C(=O)NN=C2N)cc1. The third-order valence-electron chi connectivity index (χ3n) is 2.49. The van der Waals surface area contributed by atoms with E-state index in [0.717, 1.165) is 0 Å². The maximum Gasteiger partial charge on any atom is 0.338 e. The van der Waals surface area contributed by atoms with Gasteiger partial charge in [-0.1, -0.05) is 0 Å². The number of azo groups is 1. The normalized spacial score (nSPS) is 17.9. The highest BCUT2D eigenvalue weighted by Gasteiger charge is 2.27. The summed E-state index contributed by atoms with van der Waals surface area (Å²) in [6, 6.07) is 5.42. The third kappa shape index (κ3) is 2.97. The second kappa shape index (κ2) is 5.91. The van der Waals surface area contributed by atoms with Crippen LogP contribution in [0.15, 0.2) is 39.6 Å². The molecule has 8 nitrogen and oxygen atoms in total. The number of carbonyl (C=O) groups is 2. The highest BCUT2D eigenvalue weighted by molar-refractivity contribution is 6.10. The summed E-state index contributed by atoms with van der Waals surface area (Å²) < 4.78 is 4.86. The Bertz CT molecular complexity index is 579. The fourth-order valence-corrected chi connectivity index (χ4v) is 1.49. The van der Waals surface area contributed by atoms with Crippen LogP contribution in [0.3, 0.4) is 0 Å². The Kier molecular flexibility index (Phi) is 4.04. The van der Waals surface area contributed by atoms with Crippen LogP contribution < -0.4 is 11.2 Å². The van der Waals surface area contributed by atoms with Crippen molar-refractivity contribution in [1.82, 2.24) is 5.43 Å². The number of amidine groups is 1. The van der Waals surface area contributed by atoms with E-state index in [2.05, 4.69) is 20.8 Å². The van der Waals surface area contributed by atoms with Crippen LogP contribution in [0.4, 0.5) is 5.69 Å². The van der Waals surface area contributed by atoms with Crippen molar-refractivity contribution in [3.05, 3.63) is 29.8 Å². The van der Waals surface area contributed by atoms with E-state index in [-0.39, 0.29) is 5.84 Å². The van der Waals surface area contributed by atoms with Crippen LogP contribution in [0.2, 0.25) is 0 Å². The van der Waals surface area contributed by atoms with E-state index in [9.17, 15) is 9.59 Å². The molecule has 0 saturated carbocycles. The molecule has 1 atom stereocenters. The molecule has 1 aromatic rings. The Balaban J connectivity index is 2.06.